The molecule has 0 rings (SSSR count). The van der Waals surface area contributed by atoms with Gasteiger partial charge in [-0.25, -0.2) is 0 Å². The number of rotatable bonds is 5. The van der Waals surface area contributed by atoms with E-state index in [1.807, 2.05) is 0 Å². The van der Waals surface area contributed by atoms with E-state index < -0.39 is 0 Å². The SMILES string of the molecule is CC(C)CCC(C)CP(C)C. The Morgan fingerprint density at radius 3 is 1.91 bits per heavy atom. The van der Waals surface area contributed by atoms with Crippen LogP contribution in [0.1, 0.15) is 33.6 Å². The Labute approximate surface area is 73.5 Å². The Morgan fingerprint density at radius 1 is 1.00 bits per heavy atom. The van der Waals surface area contributed by atoms with Crippen molar-refractivity contribution < 1.29 is 0 Å². The molecule has 1 unspecified atom stereocenters. The minimum atomic E-state index is 0.329. The van der Waals surface area contributed by atoms with Crippen LogP contribution in [0.3, 0.4) is 0 Å². The summed E-state index contributed by atoms with van der Waals surface area (Å²) < 4.78 is 0. The molecule has 68 valence electrons. The second kappa shape index (κ2) is 6.00. The van der Waals surface area contributed by atoms with Crippen LogP contribution < -0.4 is 0 Å². The van der Waals surface area contributed by atoms with Gasteiger partial charge in [-0.1, -0.05) is 33.6 Å². The fourth-order valence-electron chi connectivity index (χ4n) is 1.33. The topological polar surface area (TPSA) is 0 Å². The molecule has 0 saturated heterocycles. The van der Waals surface area contributed by atoms with Gasteiger partial charge in [-0.15, -0.1) is 7.92 Å². The Morgan fingerprint density at radius 2 is 1.55 bits per heavy atom. The van der Waals surface area contributed by atoms with Crippen LogP contribution in [0, 0.1) is 11.8 Å². The summed E-state index contributed by atoms with van der Waals surface area (Å²) in [6, 6.07) is 0. The van der Waals surface area contributed by atoms with Gasteiger partial charge < -0.3 is 0 Å². The van der Waals surface area contributed by atoms with Crippen molar-refractivity contribution in [2.75, 3.05) is 19.5 Å². The van der Waals surface area contributed by atoms with Gasteiger partial charge in [0.15, 0.2) is 0 Å². The predicted molar refractivity (Wildman–Crippen MR) is 56.9 cm³/mol. The highest BCUT2D eigenvalue weighted by atomic mass is 31.1. The zero-order valence-corrected chi connectivity index (χ0v) is 9.62. The second-order valence-electron chi connectivity index (χ2n) is 4.34. The summed E-state index contributed by atoms with van der Waals surface area (Å²) in [7, 11) is 0.329. The lowest BCUT2D eigenvalue weighted by atomic mass is 10.0. The Balaban J connectivity index is 3.29. The minimum absolute atomic E-state index is 0.329. The van der Waals surface area contributed by atoms with Gasteiger partial charge >= 0.3 is 0 Å². The van der Waals surface area contributed by atoms with Gasteiger partial charge in [0.2, 0.25) is 0 Å². The van der Waals surface area contributed by atoms with Crippen LogP contribution in [0.15, 0.2) is 0 Å². The van der Waals surface area contributed by atoms with Crippen LogP contribution >= 0.6 is 7.92 Å². The van der Waals surface area contributed by atoms with Crippen molar-refractivity contribution in [1.29, 1.82) is 0 Å². The van der Waals surface area contributed by atoms with E-state index in [1.165, 1.54) is 19.0 Å². The van der Waals surface area contributed by atoms with Crippen LogP contribution in [-0.2, 0) is 0 Å². The van der Waals surface area contributed by atoms with Crippen molar-refractivity contribution >= 4 is 7.92 Å². The normalized spacial score (nSPS) is 14.5. The molecule has 0 saturated carbocycles. The van der Waals surface area contributed by atoms with Gasteiger partial charge in [0.05, 0.1) is 0 Å². The summed E-state index contributed by atoms with van der Waals surface area (Å²) >= 11 is 0. The first-order valence-corrected chi connectivity index (χ1v) is 7.09. The van der Waals surface area contributed by atoms with Crippen molar-refractivity contribution in [2.45, 2.75) is 33.6 Å². The molecule has 0 aliphatic carbocycles. The maximum atomic E-state index is 2.39. The maximum absolute atomic E-state index is 2.39. The zero-order valence-electron chi connectivity index (χ0n) is 8.72. The van der Waals surface area contributed by atoms with E-state index >= 15 is 0 Å². The van der Waals surface area contributed by atoms with E-state index in [9.17, 15) is 0 Å². The Hall–Kier alpha value is 0.430. The number of hydrogen-bond acceptors (Lipinski definition) is 0. The maximum Gasteiger partial charge on any atom is -0.0305 e. The molecule has 1 atom stereocenters. The molecule has 0 aromatic carbocycles. The molecule has 0 spiro atoms. The van der Waals surface area contributed by atoms with Gasteiger partial charge in [-0.3, -0.25) is 0 Å². The van der Waals surface area contributed by atoms with Gasteiger partial charge in [0, 0.05) is 0 Å². The van der Waals surface area contributed by atoms with E-state index in [0.29, 0.717) is 7.92 Å². The lowest BCUT2D eigenvalue weighted by Crippen LogP contribution is -2.01. The van der Waals surface area contributed by atoms with E-state index in [4.69, 9.17) is 0 Å². The molecule has 11 heavy (non-hydrogen) atoms. The fourth-order valence-corrected chi connectivity index (χ4v) is 2.76. The summed E-state index contributed by atoms with van der Waals surface area (Å²) in [5, 5.41) is 0. The van der Waals surface area contributed by atoms with Crippen molar-refractivity contribution in [1.82, 2.24) is 0 Å². The molecule has 0 nitrogen and oxygen atoms in total. The van der Waals surface area contributed by atoms with Crippen LogP contribution in [0.4, 0.5) is 0 Å². The molecule has 0 fully saturated rings. The van der Waals surface area contributed by atoms with Gasteiger partial charge in [-0.05, 0) is 31.3 Å². The summed E-state index contributed by atoms with van der Waals surface area (Å²) in [4.78, 5) is 0. The lowest BCUT2D eigenvalue weighted by Gasteiger charge is -2.14. The quantitative estimate of drug-likeness (QED) is 0.556. The standard InChI is InChI=1S/C10H23P/c1-9(2)6-7-10(3)8-11(4)5/h9-10H,6-8H2,1-5H3. The zero-order chi connectivity index (χ0) is 8.85. The molecule has 0 N–H and O–H groups in total. The molecule has 0 aliphatic rings. The van der Waals surface area contributed by atoms with E-state index in [-0.39, 0.29) is 0 Å². The van der Waals surface area contributed by atoms with E-state index in [1.54, 1.807) is 0 Å². The van der Waals surface area contributed by atoms with Gasteiger partial charge in [0.1, 0.15) is 0 Å². The van der Waals surface area contributed by atoms with Crippen LogP contribution in [0.5, 0.6) is 0 Å². The van der Waals surface area contributed by atoms with Crippen LogP contribution in [0.2, 0.25) is 0 Å². The third kappa shape index (κ3) is 8.34. The third-order valence-corrected chi connectivity index (χ3v) is 3.27. The van der Waals surface area contributed by atoms with E-state index in [2.05, 4.69) is 34.1 Å². The smallest absolute Gasteiger partial charge is 0.0305 e. The molecular formula is C10H23P. The Kier molecular flexibility index (Phi) is 6.24. The molecule has 0 bridgehead atoms. The summed E-state index contributed by atoms with van der Waals surface area (Å²) in [6.07, 6.45) is 4.30. The monoisotopic (exact) mass is 174 g/mol. The van der Waals surface area contributed by atoms with E-state index in [0.717, 1.165) is 11.8 Å². The first kappa shape index (κ1) is 11.4. The molecule has 0 aromatic heterocycles. The summed E-state index contributed by atoms with van der Waals surface area (Å²) in [5.74, 6) is 1.84. The van der Waals surface area contributed by atoms with Crippen LogP contribution in [0.25, 0.3) is 0 Å². The lowest BCUT2D eigenvalue weighted by molar-refractivity contribution is 0.479. The molecule has 1 heteroatoms. The average Bonchev–Trinajstić information content (AvgIpc) is 1.82. The Bertz CT molecular complexity index is 86.9. The van der Waals surface area contributed by atoms with Gasteiger partial charge in [0.25, 0.3) is 0 Å². The van der Waals surface area contributed by atoms with Crippen LogP contribution in [-0.4, -0.2) is 19.5 Å². The molecule has 0 aliphatic heterocycles. The van der Waals surface area contributed by atoms with Crippen molar-refractivity contribution in [3.8, 4) is 0 Å². The molecular weight excluding hydrogens is 151 g/mol. The highest BCUT2D eigenvalue weighted by molar-refractivity contribution is 7.55. The van der Waals surface area contributed by atoms with Crippen molar-refractivity contribution in [3.05, 3.63) is 0 Å². The predicted octanol–water partition coefficient (Wildman–Crippen LogP) is 3.80. The highest BCUT2D eigenvalue weighted by Crippen LogP contribution is 2.29. The number of hydrogen-bond donors (Lipinski definition) is 0. The molecule has 0 amide bonds. The summed E-state index contributed by atoms with van der Waals surface area (Å²) in [6.45, 7) is 11.8. The minimum Gasteiger partial charge on any atom is -0.113 e. The van der Waals surface area contributed by atoms with Crippen molar-refractivity contribution in [3.63, 3.8) is 0 Å². The molecule has 0 aromatic rings. The molecule has 0 heterocycles. The first-order chi connectivity index (χ1) is 5.02. The summed E-state index contributed by atoms with van der Waals surface area (Å²) in [5.41, 5.74) is 0. The highest BCUT2D eigenvalue weighted by Gasteiger charge is 2.05. The van der Waals surface area contributed by atoms with Gasteiger partial charge in [-0.2, -0.15) is 0 Å². The largest absolute Gasteiger partial charge is 0.113 e. The third-order valence-electron chi connectivity index (χ3n) is 1.91. The second-order valence-corrected chi connectivity index (χ2v) is 6.86. The fraction of sp³-hybridized carbons (Fsp3) is 1.00. The average molecular weight is 174 g/mol. The van der Waals surface area contributed by atoms with Crippen molar-refractivity contribution in [2.24, 2.45) is 11.8 Å². The first-order valence-electron chi connectivity index (χ1n) is 4.67. The molecule has 0 radical (unpaired) electrons.